The Morgan fingerprint density at radius 3 is 1.56 bits per heavy atom. The van der Waals surface area contributed by atoms with Gasteiger partial charge in [-0.25, -0.2) is 0 Å². The van der Waals surface area contributed by atoms with E-state index in [1.807, 2.05) is 48.6 Å². The minimum absolute atomic E-state index is 1.06. The number of allylic oxidation sites excluding steroid dienone is 4. The minimum Gasteiger partial charge on any atom is -0.472 e. The van der Waals surface area contributed by atoms with Gasteiger partial charge in [0.25, 0.3) is 0 Å². The second-order valence-corrected chi connectivity index (χ2v) is 3.22. The monoisotopic (exact) mass is 212 g/mol. The molecule has 0 aromatic carbocycles. The van der Waals surface area contributed by atoms with Crippen LogP contribution in [0.4, 0.5) is 0 Å². The maximum absolute atomic E-state index is 4.94. The lowest BCUT2D eigenvalue weighted by Crippen LogP contribution is -1.59. The molecule has 2 nitrogen and oxygen atoms in total. The largest absolute Gasteiger partial charge is 0.472 e. The molecular formula is C14H12O2. The molecule has 0 saturated heterocycles. The van der Waals surface area contributed by atoms with E-state index in [0.717, 1.165) is 11.1 Å². The summed E-state index contributed by atoms with van der Waals surface area (Å²) in [6.45, 7) is 0. The summed E-state index contributed by atoms with van der Waals surface area (Å²) in [6, 6.07) is 3.82. The van der Waals surface area contributed by atoms with Crippen molar-refractivity contribution in [2.45, 2.75) is 0 Å². The highest BCUT2D eigenvalue weighted by Gasteiger charge is 1.84. The summed E-state index contributed by atoms with van der Waals surface area (Å²) in [6.07, 6.45) is 18.5. The molecule has 2 aromatic rings. The Balaban J connectivity index is 1.82. The molecule has 0 spiro atoms. The zero-order valence-corrected chi connectivity index (χ0v) is 8.74. The van der Waals surface area contributed by atoms with E-state index in [9.17, 15) is 0 Å². The van der Waals surface area contributed by atoms with Crippen molar-refractivity contribution in [3.8, 4) is 0 Å². The minimum atomic E-state index is 1.06. The molecule has 0 atom stereocenters. The van der Waals surface area contributed by atoms with Gasteiger partial charge in [0.2, 0.25) is 0 Å². The molecule has 2 heterocycles. The molecule has 2 heteroatoms. The van der Waals surface area contributed by atoms with Crippen LogP contribution in [0.2, 0.25) is 0 Å². The Kier molecular flexibility index (Phi) is 3.61. The summed E-state index contributed by atoms with van der Waals surface area (Å²) in [7, 11) is 0. The second-order valence-electron chi connectivity index (χ2n) is 3.22. The lowest BCUT2D eigenvalue weighted by atomic mass is 10.3. The van der Waals surface area contributed by atoms with Crippen LogP contribution in [0.15, 0.2) is 70.3 Å². The molecule has 0 saturated carbocycles. The van der Waals surface area contributed by atoms with E-state index in [-0.39, 0.29) is 0 Å². The van der Waals surface area contributed by atoms with Crippen LogP contribution in [0.25, 0.3) is 12.2 Å². The van der Waals surface area contributed by atoms with Gasteiger partial charge in [-0.05, 0) is 12.1 Å². The van der Waals surface area contributed by atoms with Crippen LogP contribution in [0.5, 0.6) is 0 Å². The van der Waals surface area contributed by atoms with Crippen molar-refractivity contribution < 1.29 is 8.83 Å². The molecule has 0 aliphatic heterocycles. The first-order valence-electron chi connectivity index (χ1n) is 5.01. The summed E-state index contributed by atoms with van der Waals surface area (Å²) in [5, 5.41) is 0. The van der Waals surface area contributed by atoms with E-state index in [1.54, 1.807) is 25.1 Å². The average Bonchev–Trinajstić information content (AvgIpc) is 2.96. The van der Waals surface area contributed by atoms with Crippen molar-refractivity contribution in [3.05, 3.63) is 72.6 Å². The topological polar surface area (TPSA) is 26.3 Å². The van der Waals surface area contributed by atoms with E-state index in [0.29, 0.717) is 0 Å². The SMILES string of the molecule is C(=C\C=C\c1ccoc1)/C=C/c1ccoc1. The van der Waals surface area contributed by atoms with Gasteiger partial charge in [-0.2, -0.15) is 0 Å². The van der Waals surface area contributed by atoms with E-state index in [1.165, 1.54) is 0 Å². The molecule has 0 radical (unpaired) electrons. The van der Waals surface area contributed by atoms with Crippen molar-refractivity contribution in [2.75, 3.05) is 0 Å². The number of furan rings is 2. The van der Waals surface area contributed by atoms with E-state index in [4.69, 9.17) is 8.83 Å². The lowest BCUT2D eigenvalue weighted by Gasteiger charge is -1.79. The highest BCUT2D eigenvalue weighted by atomic mass is 16.3. The van der Waals surface area contributed by atoms with Gasteiger partial charge in [0.15, 0.2) is 0 Å². The summed E-state index contributed by atoms with van der Waals surface area (Å²) in [5.41, 5.74) is 2.12. The Bertz CT molecular complexity index is 425. The Labute approximate surface area is 94.2 Å². The van der Waals surface area contributed by atoms with Gasteiger partial charge in [0, 0.05) is 11.1 Å². The third-order valence-electron chi connectivity index (χ3n) is 2.00. The predicted octanol–water partition coefficient (Wildman–Crippen LogP) is 4.16. The van der Waals surface area contributed by atoms with Crippen LogP contribution < -0.4 is 0 Å². The van der Waals surface area contributed by atoms with Gasteiger partial charge >= 0.3 is 0 Å². The van der Waals surface area contributed by atoms with Crippen LogP contribution in [0.1, 0.15) is 11.1 Å². The van der Waals surface area contributed by atoms with Crippen LogP contribution in [0, 0.1) is 0 Å². The molecule has 0 aliphatic carbocycles. The van der Waals surface area contributed by atoms with Gasteiger partial charge in [-0.1, -0.05) is 36.5 Å². The fourth-order valence-corrected chi connectivity index (χ4v) is 1.20. The highest BCUT2D eigenvalue weighted by Crippen LogP contribution is 2.03. The molecule has 0 N–H and O–H groups in total. The van der Waals surface area contributed by atoms with E-state index < -0.39 is 0 Å². The summed E-state index contributed by atoms with van der Waals surface area (Å²) >= 11 is 0. The van der Waals surface area contributed by atoms with Gasteiger partial charge in [0.05, 0.1) is 25.1 Å². The van der Waals surface area contributed by atoms with Crippen LogP contribution in [0.3, 0.4) is 0 Å². The zero-order chi connectivity index (χ0) is 11.1. The normalized spacial score (nSPS) is 12.2. The van der Waals surface area contributed by atoms with Crippen molar-refractivity contribution >= 4 is 12.2 Å². The predicted molar refractivity (Wildman–Crippen MR) is 64.6 cm³/mol. The van der Waals surface area contributed by atoms with E-state index >= 15 is 0 Å². The molecule has 2 rings (SSSR count). The molecule has 80 valence electrons. The summed E-state index contributed by atoms with van der Waals surface area (Å²) in [5.74, 6) is 0. The van der Waals surface area contributed by atoms with Crippen LogP contribution in [-0.4, -0.2) is 0 Å². The number of hydrogen-bond acceptors (Lipinski definition) is 2. The van der Waals surface area contributed by atoms with Crippen LogP contribution >= 0.6 is 0 Å². The maximum Gasteiger partial charge on any atom is 0.0974 e. The van der Waals surface area contributed by atoms with Gasteiger partial charge < -0.3 is 8.83 Å². The smallest absolute Gasteiger partial charge is 0.0974 e. The van der Waals surface area contributed by atoms with Crippen molar-refractivity contribution in [1.82, 2.24) is 0 Å². The first kappa shape index (κ1) is 10.3. The first-order valence-corrected chi connectivity index (χ1v) is 5.01. The van der Waals surface area contributed by atoms with Gasteiger partial charge in [0.1, 0.15) is 0 Å². The Hall–Kier alpha value is -2.22. The fraction of sp³-hybridized carbons (Fsp3) is 0. The highest BCUT2D eigenvalue weighted by molar-refractivity contribution is 5.51. The lowest BCUT2D eigenvalue weighted by molar-refractivity contribution is 0.566. The van der Waals surface area contributed by atoms with E-state index in [2.05, 4.69) is 0 Å². The summed E-state index contributed by atoms with van der Waals surface area (Å²) < 4.78 is 9.88. The van der Waals surface area contributed by atoms with Gasteiger partial charge in [-0.15, -0.1) is 0 Å². The maximum atomic E-state index is 4.94. The molecule has 0 amide bonds. The van der Waals surface area contributed by atoms with Crippen molar-refractivity contribution in [1.29, 1.82) is 0 Å². The van der Waals surface area contributed by atoms with Crippen LogP contribution in [-0.2, 0) is 0 Å². The molecular weight excluding hydrogens is 200 g/mol. The number of hydrogen-bond donors (Lipinski definition) is 0. The van der Waals surface area contributed by atoms with Crippen molar-refractivity contribution in [3.63, 3.8) is 0 Å². The first-order chi connectivity index (χ1) is 7.95. The molecule has 16 heavy (non-hydrogen) atoms. The third-order valence-corrected chi connectivity index (χ3v) is 2.00. The standard InChI is InChI=1S/C14H12O2/c1(3-5-13-7-9-15-11-13)2-4-6-14-8-10-16-12-14/h1-12H/b2-1+,5-3+,6-4+. The second kappa shape index (κ2) is 5.61. The molecule has 2 aromatic heterocycles. The molecule has 0 aliphatic rings. The third kappa shape index (κ3) is 3.17. The van der Waals surface area contributed by atoms with Crippen molar-refractivity contribution in [2.24, 2.45) is 0 Å². The zero-order valence-electron chi connectivity index (χ0n) is 8.74. The van der Waals surface area contributed by atoms with Gasteiger partial charge in [-0.3, -0.25) is 0 Å². The Morgan fingerprint density at radius 2 is 1.19 bits per heavy atom. The number of rotatable bonds is 4. The fourth-order valence-electron chi connectivity index (χ4n) is 1.20. The Morgan fingerprint density at radius 1 is 0.688 bits per heavy atom. The molecule has 0 unspecified atom stereocenters. The molecule has 0 bridgehead atoms. The average molecular weight is 212 g/mol. The molecule has 0 fully saturated rings. The summed E-state index contributed by atoms with van der Waals surface area (Å²) in [4.78, 5) is 0. The quantitative estimate of drug-likeness (QED) is 0.711.